The Balaban J connectivity index is 3.03. The van der Waals surface area contributed by atoms with Crippen LogP contribution in [0.25, 0.3) is 0 Å². The molecule has 0 unspecified atom stereocenters. The Kier molecular flexibility index (Phi) is 4.56. The topological polar surface area (TPSA) is 29.3 Å². The van der Waals surface area contributed by atoms with E-state index in [0.29, 0.717) is 0 Å². The summed E-state index contributed by atoms with van der Waals surface area (Å²) in [5.74, 6) is 0. The highest BCUT2D eigenvalue weighted by molar-refractivity contribution is 5.55. The van der Waals surface area contributed by atoms with Crippen molar-refractivity contribution in [3.63, 3.8) is 0 Å². The predicted molar refractivity (Wildman–Crippen MR) is 71.7 cm³/mol. The van der Waals surface area contributed by atoms with Crippen molar-refractivity contribution >= 4 is 5.69 Å². The second-order valence-corrected chi connectivity index (χ2v) is 4.32. The number of benzene rings is 1. The molecule has 16 heavy (non-hydrogen) atoms. The summed E-state index contributed by atoms with van der Waals surface area (Å²) in [7, 11) is 0. The van der Waals surface area contributed by atoms with Gasteiger partial charge < -0.3 is 10.6 Å². The van der Waals surface area contributed by atoms with Crippen molar-refractivity contribution in [2.24, 2.45) is 5.73 Å². The van der Waals surface area contributed by atoms with Gasteiger partial charge in [-0.1, -0.05) is 30.4 Å². The number of hydrogen-bond donors (Lipinski definition) is 1. The quantitative estimate of drug-likeness (QED) is 0.769. The van der Waals surface area contributed by atoms with Crippen LogP contribution in [0.1, 0.15) is 32.4 Å². The van der Waals surface area contributed by atoms with Crippen LogP contribution in [0.3, 0.4) is 0 Å². The number of rotatable bonds is 5. The molecule has 0 aromatic heterocycles. The molecule has 0 radical (unpaired) electrons. The van der Waals surface area contributed by atoms with Crippen molar-refractivity contribution < 1.29 is 0 Å². The van der Waals surface area contributed by atoms with Crippen LogP contribution in [0.5, 0.6) is 0 Å². The Morgan fingerprint density at radius 2 is 2.06 bits per heavy atom. The van der Waals surface area contributed by atoms with Crippen LogP contribution < -0.4 is 10.6 Å². The van der Waals surface area contributed by atoms with Gasteiger partial charge in [0.1, 0.15) is 0 Å². The summed E-state index contributed by atoms with van der Waals surface area (Å²) in [6, 6.07) is 8.39. The third kappa shape index (κ3) is 3.11. The van der Waals surface area contributed by atoms with E-state index in [1.807, 2.05) is 13.0 Å². The Bertz CT molecular complexity index is 356. The maximum absolute atomic E-state index is 5.99. The Labute approximate surface area is 98.8 Å². The van der Waals surface area contributed by atoms with Gasteiger partial charge in [0, 0.05) is 24.8 Å². The molecule has 2 nitrogen and oxygen atoms in total. The number of nitrogens with two attached hydrogens (primary N) is 1. The molecule has 0 bridgehead atoms. The molecule has 0 aliphatic heterocycles. The van der Waals surface area contributed by atoms with Crippen LogP contribution in [0.4, 0.5) is 5.69 Å². The average molecular weight is 218 g/mol. The highest BCUT2D eigenvalue weighted by atomic mass is 15.1. The number of hydrogen-bond acceptors (Lipinski definition) is 2. The van der Waals surface area contributed by atoms with Crippen molar-refractivity contribution in [2.75, 3.05) is 18.0 Å². The lowest BCUT2D eigenvalue weighted by Gasteiger charge is -2.27. The fraction of sp³-hybridized carbons (Fsp3) is 0.429. The zero-order chi connectivity index (χ0) is 12.1. The highest BCUT2D eigenvalue weighted by Gasteiger charge is 2.11. The number of nitrogens with zero attached hydrogens (tertiary/aromatic N) is 1. The summed E-state index contributed by atoms with van der Waals surface area (Å²) in [6.07, 6.45) is 0. The lowest BCUT2D eigenvalue weighted by Crippen LogP contribution is -2.26. The van der Waals surface area contributed by atoms with Gasteiger partial charge in [0.2, 0.25) is 0 Å². The normalized spacial score (nSPS) is 12.2. The molecule has 1 rings (SSSR count). The van der Waals surface area contributed by atoms with Crippen LogP contribution in [0.2, 0.25) is 0 Å². The molecule has 2 heteroatoms. The van der Waals surface area contributed by atoms with Gasteiger partial charge in [-0.2, -0.15) is 0 Å². The fourth-order valence-corrected chi connectivity index (χ4v) is 1.85. The van der Waals surface area contributed by atoms with Crippen LogP contribution in [0, 0.1) is 0 Å². The van der Waals surface area contributed by atoms with Crippen molar-refractivity contribution in [1.82, 2.24) is 0 Å². The fourth-order valence-electron chi connectivity index (χ4n) is 1.85. The van der Waals surface area contributed by atoms with Crippen molar-refractivity contribution in [2.45, 2.75) is 26.8 Å². The minimum absolute atomic E-state index is 0.0652. The van der Waals surface area contributed by atoms with E-state index in [4.69, 9.17) is 5.73 Å². The van der Waals surface area contributed by atoms with Crippen LogP contribution in [0.15, 0.2) is 36.4 Å². The molecule has 0 spiro atoms. The van der Waals surface area contributed by atoms with Gasteiger partial charge in [-0.05, 0) is 32.4 Å². The molecule has 1 aromatic rings. The number of anilines is 1. The van der Waals surface area contributed by atoms with E-state index < -0.39 is 0 Å². The van der Waals surface area contributed by atoms with Gasteiger partial charge in [-0.25, -0.2) is 0 Å². The van der Waals surface area contributed by atoms with Gasteiger partial charge >= 0.3 is 0 Å². The zero-order valence-electron chi connectivity index (χ0n) is 10.5. The Morgan fingerprint density at radius 3 is 2.56 bits per heavy atom. The first-order chi connectivity index (χ1) is 7.56. The molecular formula is C14H22N2. The summed E-state index contributed by atoms with van der Waals surface area (Å²) >= 11 is 0. The van der Waals surface area contributed by atoms with E-state index >= 15 is 0 Å². The van der Waals surface area contributed by atoms with Gasteiger partial charge in [-0.15, -0.1) is 0 Å². The van der Waals surface area contributed by atoms with E-state index in [2.05, 4.69) is 43.5 Å². The van der Waals surface area contributed by atoms with E-state index in [-0.39, 0.29) is 6.04 Å². The van der Waals surface area contributed by atoms with Gasteiger partial charge in [0.05, 0.1) is 0 Å². The van der Waals surface area contributed by atoms with Crippen molar-refractivity contribution in [1.29, 1.82) is 0 Å². The lowest BCUT2D eigenvalue weighted by molar-refractivity contribution is 0.794. The largest absolute Gasteiger partial charge is 0.368 e. The second-order valence-electron chi connectivity index (χ2n) is 4.32. The van der Waals surface area contributed by atoms with Gasteiger partial charge in [0.15, 0.2) is 0 Å². The first-order valence-electron chi connectivity index (χ1n) is 5.80. The van der Waals surface area contributed by atoms with Crippen molar-refractivity contribution in [3.8, 4) is 0 Å². The summed E-state index contributed by atoms with van der Waals surface area (Å²) in [4.78, 5) is 2.31. The van der Waals surface area contributed by atoms with Crippen LogP contribution in [-0.2, 0) is 0 Å². The smallest absolute Gasteiger partial charge is 0.0417 e. The van der Waals surface area contributed by atoms with Gasteiger partial charge in [-0.3, -0.25) is 0 Å². The van der Waals surface area contributed by atoms with Crippen LogP contribution in [-0.4, -0.2) is 13.1 Å². The molecule has 0 aliphatic rings. The maximum Gasteiger partial charge on any atom is 0.0417 e. The minimum atomic E-state index is 0.0652. The molecule has 0 heterocycles. The molecule has 88 valence electrons. The molecule has 0 saturated heterocycles. The third-order valence-corrected chi connectivity index (χ3v) is 2.61. The van der Waals surface area contributed by atoms with E-state index in [9.17, 15) is 0 Å². The van der Waals surface area contributed by atoms with Gasteiger partial charge in [0.25, 0.3) is 0 Å². The molecular weight excluding hydrogens is 196 g/mol. The molecule has 1 aromatic carbocycles. The van der Waals surface area contributed by atoms with E-state index in [1.54, 1.807) is 0 Å². The Hall–Kier alpha value is -1.28. The zero-order valence-corrected chi connectivity index (χ0v) is 10.5. The number of likely N-dealkylation sites (N-methyl/N-ethyl adjacent to an activating group) is 1. The monoisotopic (exact) mass is 218 g/mol. The molecule has 0 saturated carbocycles. The molecule has 0 aliphatic carbocycles. The second kappa shape index (κ2) is 5.71. The minimum Gasteiger partial charge on any atom is -0.368 e. The summed E-state index contributed by atoms with van der Waals surface area (Å²) < 4.78 is 0. The first kappa shape index (κ1) is 12.8. The number of para-hydroxylation sites is 1. The standard InChI is InChI=1S/C14H22N2/c1-5-16(10-11(2)3)14-9-7-6-8-13(14)12(4)15/h6-9,12H,2,5,10,15H2,1,3-4H3/t12-/m1/s1. The lowest BCUT2D eigenvalue weighted by atomic mass is 10.1. The van der Waals surface area contributed by atoms with Crippen LogP contribution >= 0.6 is 0 Å². The molecule has 0 amide bonds. The summed E-state index contributed by atoms with van der Waals surface area (Å²) in [5, 5.41) is 0. The first-order valence-corrected chi connectivity index (χ1v) is 5.80. The SMILES string of the molecule is C=C(C)CN(CC)c1ccccc1[C@@H](C)N. The van der Waals surface area contributed by atoms with E-state index in [0.717, 1.165) is 13.1 Å². The highest BCUT2D eigenvalue weighted by Crippen LogP contribution is 2.25. The summed E-state index contributed by atoms with van der Waals surface area (Å²) in [5.41, 5.74) is 9.58. The average Bonchev–Trinajstić information content (AvgIpc) is 2.25. The summed E-state index contributed by atoms with van der Waals surface area (Å²) in [6.45, 7) is 12.1. The molecule has 0 fully saturated rings. The van der Waals surface area contributed by atoms with E-state index in [1.165, 1.54) is 16.8 Å². The third-order valence-electron chi connectivity index (χ3n) is 2.61. The van der Waals surface area contributed by atoms with Crippen molar-refractivity contribution in [3.05, 3.63) is 42.0 Å². The maximum atomic E-state index is 5.99. The predicted octanol–water partition coefficient (Wildman–Crippen LogP) is 3.11. The molecule has 2 N–H and O–H groups in total. The Morgan fingerprint density at radius 1 is 1.44 bits per heavy atom. The molecule has 1 atom stereocenters.